The third kappa shape index (κ3) is 3.49. The molecule has 1 aromatic rings. The summed E-state index contributed by atoms with van der Waals surface area (Å²) >= 11 is 0. The fourth-order valence-corrected chi connectivity index (χ4v) is 3.44. The number of nitrogens with two attached hydrogens (primary N) is 1. The molecule has 1 saturated heterocycles. The summed E-state index contributed by atoms with van der Waals surface area (Å²) in [6.45, 7) is 5.73. The Morgan fingerprint density at radius 3 is 2.74 bits per heavy atom. The molecule has 1 amide bonds. The molecule has 2 unspecified atom stereocenters. The highest BCUT2D eigenvalue weighted by atomic mass is 16.6. The number of aromatic nitrogens is 1. The van der Waals surface area contributed by atoms with Crippen LogP contribution in [-0.4, -0.2) is 33.7 Å². The van der Waals surface area contributed by atoms with Crippen molar-refractivity contribution in [2.75, 3.05) is 5.73 Å². The highest BCUT2D eigenvalue weighted by Crippen LogP contribution is 2.37. The maximum atomic E-state index is 12.6. The predicted molar refractivity (Wildman–Crippen MR) is 90.7 cm³/mol. The molecular formula is C18H25N3O2. The molecule has 5 heteroatoms. The lowest BCUT2D eigenvalue weighted by Crippen LogP contribution is -2.53. The van der Waals surface area contributed by atoms with Crippen molar-refractivity contribution < 1.29 is 9.53 Å². The first-order chi connectivity index (χ1) is 10.8. The van der Waals surface area contributed by atoms with E-state index in [0.717, 1.165) is 31.2 Å². The molecule has 124 valence electrons. The van der Waals surface area contributed by atoms with Gasteiger partial charge in [0.15, 0.2) is 0 Å². The van der Waals surface area contributed by atoms with E-state index >= 15 is 0 Å². The van der Waals surface area contributed by atoms with E-state index in [-0.39, 0.29) is 18.2 Å². The minimum Gasteiger partial charge on any atom is -0.444 e. The van der Waals surface area contributed by atoms with Crippen molar-refractivity contribution in [3.8, 4) is 0 Å². The van der Waals surface area contributed by atoms with Crippen LogP contribution in [0.4, 0.5) is 10.6 Å². The number of rotatable bonds is 1. The van der Waals surface area contributed by atoms with Crippen LogP contribution in [0.15, 0.2) is 24.4 Å². The number of anilines is 1. The van der Waals surface area contributed by atoms with Gasteiger partial charge in [0, 0.05) is 12.2 Å². The van der Waals surface area contributed by atoms with Crippen LogP contribution in [0, 0.1) is 0 Å². The van der Waals surface area contributed by atoms with Gasteiger partial charge in [-0.2, -0.15) is 0 Å². The standard InChI is InChI=1S/C18H25N3O2/c1-18(2,3)23-17(22)21-14-5-4-6-15(21)10-13(9-14)12-7-8-16(19)20-11-12/h7-9,11,14-15H,4-6,10H2,1-3H3,(H2,19,20). The Hall–Kier alpha value is -2.04. The fourth-order valence-electron chi connectivity index (χ4n) is 3.44. The van der Waals surface area contributed by atoms with E-state index in [1.54, 1.807) is 0 Å². The number of hydrogen-bond donors (Lipinski definition) is 1. The lowest BCUT2D eigenvalue weighted by atomic mass is 9.83. The van der Waals surface area contributed by atoms with E-state index in [2.05, 4.69) is 11.1 Å². The number of hydrogen-bond acceptors (Lipinski definition) is 4. The number of piperidine rings is 1. The van der Waals surface area contributed by atoms with Crippen LogP contribution in [0.2, 0.25) is 0 Å². The van der Waals surface area contributed by atoms with E-state index in [0.29, 0.717) is 5.82 Å². The maximum Gasteiger partial charge on any atom is 0.411 e. The molecule has 23 heavy (non-hydrogen) atoms. The lowest BCUT2D eigenvalue weighted by molar-refractivity contribution is 0.0000860. The number of nitrogen functional groups attached to an aromatic ring is 1. The van der Waals surface area contributed by atoms with Crippen LogP contribution in [0.25, 0.3) is 5.57 Å². The van der Waals surface area contributed by atoms with Crippen molar-refractivity contribution in [3.05, 3.63) is 30.0 Å². The number of carbonyl (C=O) groups is 1. The van der Waals surface area contributed by atoms with E-state index in [9.17, 15) is 4.79 Å². The maximum absolute atomic E-state index is 12.6. The highest BCUT2D eigenvalue weighted by molar-refractivity contribution is 5.74. The summed E-state index contributed by atoms with van der Waals surface area (Å²) in [6, 6.07) is 4.16. The van der Waals surface area contributed by atoms with Crippen LogP contribution < -0.4 is 5.73 Å². The molecule has 2 aliphatic rings. The van der Waals surface area contributed by atoms with Gasteiger partial charge in [0.25, 0.3) is 0 Å². The van der Waals surface area contributed by atoms with E-state index in [4.69, 9.17) is 10.5 Å². The van der Waals surface area contributed by atoms with Crippen molar-refractivity contribution in [1.29, 1.82) is 0 Å². The first-order valence-corrected chi connectivity index (χ1v) is 8.27. The first kappa shape index (κ1) is 15.8. The molecule has 0 spiro atoms. The topological polar surface area (TPSA) is 68.5 Å². The van der Waals surface area contributed by atoms with Gasteiger partial charge in [-0.15, -0.1) is 0 Å². The molecule has 0 saturated carbocycles. The summed E-state index contributed by atoms with van der Waals surface area (Å²) < 4.78 is 5.60. The zero-order chi connectivity index (χ0) is 16.6. The summed E-state index contributed by atoms with van der Waals surface area (Å²) in [5.41, 5.74) is 7.56. The van der Waals surface area contributed by atoms with E-state index in [1.807, 2.05) is 44.0 Å². The second-order valence-electron chi connectivity index (χ2n) is 7.41. The summed E-state index contributed by atoms with van der Waals surface area (Å²) in [6.07, 6.45) is 7.84. The van der Waals surface area contributed by atoms with Crippen LogP contribution in [0.5, 0.6) is 0 Å². The highest BCUT2D eigenvalue weighted by Gasteiger charge is 2.39. The Kier molecular flexibility index (Phi) is 4.04. The molecule has 2 bridgehead atoms. The minimum absolute atomic E-state index is 0.116. The number of fused-ring (bicyclic) bond motifs is 2. The lowest BCUT2D eigenvalue weighted by Gasteiger charge is -2.45. The first-order valence-electron chi connectivity index (χ1n) is 8.27. The minimum atomic E-state index is -0.462. The van der Waals surface area contributed by atoms with Gasteiger partial charge in [0.2, 0.25) is 0 Å². The molecule has 5 nitrogen and oxygen atoms in total. The smallest absolute Gasteiger partial charge is 0.411 e. The summed E-state index contributed by atoms with van der Waals surface area (Å²) in [5.74, 6) is 0.528. The average molecular weight is 315 g/mol. The molecule has 2 N–H and O–H groups in total. The van der Waals surface area contributed by atoms with E-state index < -0.39 is 5.60 Å². The van der Waals surface area contributed by atoms with Crippen molar-refractivity contribution in [2.24, 2.45) is 0 Å². The van der Waals surface area contributed by atoms with Crippen molar-refractivity contribution >= 4 is 17.5 Å². The third-order valence-electron chi connectivity index (χ3n) is 4.40. The Morgan fingerprint density at radius 1 is 1.35 bits per heavy atom. The largest absolute Gasteiger partial charge is 0.444 e. The van der Waals surface area contributed by atoms with Gasteiger partial charge in [0.05, 0.1) is 6.04 Å². The van der Waals surface area contributed by atoms with Gasteiger partial charge in [-0.3, -0.25) is 4.90 Å². The second-order valence-corrected chi connectivity index (χ2v) is 7.41. The fraction of sp³-hybridized carbons (Fsp3) is 0.556. The molecule has 0 aliphatic carbocycles. The van der Waals surface area contributed by atoms with E-state index in [1.165, 1.54) is 5.57 Å². The Labute approximate surface area is 137 Å². The van der Waals surface area contributed by atoms with Crippen LogP contribution in [-0.2, 0) is 4.74 Å². The van der Waals surface area contributed by atoms with Crippen molar-refractivity contribution in [1.82, 2.24) is 9.88 Å². The SMILES string of the molecule is CC(C)(C)OC(=O)N1C2C=C(c3ccc(N)nc3)CC1CCC2. The number of nitrogens with zero attached hydrogens (tertiary/aromatic N) is 2. The van der Waals surface area contributed by atoms with Gasteiger partial charge < -0.3 is 10.5 Å². The molecule has 1 aromatic heterocycles. The average Bonchev–Trinajstić information content (AvgIpc) is 2.44. The third-order valence-corrected chi connectivity index (χ3v) is 4.40. The van der Waals surface area contributed by atoms with Gasteiger partial charge in [-0.1, -0.05) is 6.08 Å². The van der Waals surface area contributed by atoms with Crippen LogP contribution in [0.3, 0.4) is 0 Å². The van der Waals surface area contributed by atoms with Crippen LogP contribution in [0.1, 0.15) is 52.0 Å². The van der Waals surface area contributed by atoms with Crippen molar-refractivity contribution in [3.63, 3.8) is 0 Å². The molecule has 3 heterocycles. The van der Waals surface area contributed by atoms with Crippen molar-refractivity contribution in [2.45, 2.75) is 64.1 Å². The molecule has 2 aliphatic heterocycles. The molecular weight excluding hydrogens is 290 g/mol. The van der Waals surface area contributed by atoms with Crippen LogP contribution >= 0.6 is 0 Å². The summed E-state index contributed by atoms with van der Waals surface area (Å²) in [7, 11) is 0. The Balaban J connectivity index is 1.84. The summed E-state index contributed by atoms with van der Waals surface area (Å²) in [5, 5.41) is 0. The normalized spacial score (nSPS) is 24.1. The molecule has 2 atom stereocenters. The Bertz CT molecular complexity index is 616. The zero-order valence-electron chi connectivity index (χ0n) is 14.1. The Morgan fingerprint density at radius 2 is 2.13 bits per heavy atom. The molecule has 1 fully saturated rings. The number of pyridine rings is 1. The molecule has 3 rings (SSSR count). The summed E-state index contributed by atoms with van der Waals surface area (Å²) in [4.78, 5) is 18.7. The van der Waals surface area contributed by atoms with Gasteiger partial charge >= 0.3 is 6.09 Å². The zero-order valence-corrected chi connectivity index (χ0v) is 14.1. The predicted octanol–water partition coefficient (Wildman–Crippen LogP) is 3.61. The van der Waals surface area contributed by atoms with Gasteiger partial charge in [-0.05, 0) is 69.7 Å². The molecule has 0 aromatic carbocycles. The second kappa shape index (κ2) is 5.87. The van der Waals surface area contributed by atoms with Gasteiger partial charge in [0.1, 0.15) is 11.4 Å². The van der Waals surface area contributed by atoms with Gasteiger partial charge in [-0.25, -0.2) is 9.78 Å². The number of carbonyl (C=O) groups excluding carboxylic acids is 1. The molecule has 0 radical (unpaired) electrons. The number of ether oxygens (including phenoxy) is 1. The quantitative estimate of drug-likeness (QED) is 0.859. The monoisotopic (exact) mass is 315 g/mol. The number of amides is 1.